The Labute approximate surface area is 167 Å². The normalized spacial score (nSPS) is 16.5. The van der Waals surface area contributed by atoms with Crippen molar-refractivity contribution in [1.82, 2.24) is 25.1 Å². The molecule has 0 bridgehead atoms. The zero-order valence-corrected chi connectivity index (χ0v) is 17.4. The summed E-state index contributed by atoms with van der Waals surface area (Å²) in [5, 5.41) is 12.5. The van der Waals surface area contributed by atoms with Gasteiger partial charge >= 0.3 is 0 Å². The molecular formula is C20H32N6O2. The first kappa shape index (κ1) is 20.5. The molecule has 0 aliphatic carbocycles. The van der Waals surface area contributed by atoms with Crippen molar-refractivity contribution in [3.8, 4) is 5.75 Å². The number of aromatic nitrogens is 4. The molecule has 2 heterocycles. The first-order valence-electron chi connectivity index (χ1n) is 10.0. The van der Waals surface area contributed by atoms with Crippen LogP contribution in [0.4, 0.5) is 5.69 Å². The van der Waals surface area contributed by atoms with Crippen LogP contribution in [0.3, 0.4) is 0 Å². The van der Waals surface area contributed by atoms with E-state index in [9.17, 15) is 0 Å². The standard InChI is InChI=1S/C20H32N6O2/c1-16(2)15-19(20-21-22-23-26(20)13-14-27-3)25-11-9-24(10-12-25)17-5-7-18(28-4)8-6-17/h5-8,16,19H,9-15H2,1-4H3/t19-/m1/s1. The van der Waals surface area contributed by atoms with Crippen molar-refractivity contribution in [3.63, 3.8) is 0 Å². The summed E-state index contributed by atoms with van der Waals surface area (Å²) in [6, 6.07) is 8.53. The van der Waals surface area contributed by atoms with Crippen LogP contribution in [0.1, 0.15) is 32.1 Å². The van der Waals surface area contributed by atoms with Crippen LogP contribution < -0.4 is 9.64 Å². The Balaban J connectivity index is 1.68. The minimum absolute atomic E-state index is 0.227. The molecule has 0 saturated carbocycles. The topological polar surface area (TPSA) is 68.5 Å². The second-order valence-corrected chi connectivity index (χ2v) is 7.62. The van der Waals surface area contributed by atoms with Crippen molar-refractivity contribution in [1.29, 1.82) is 0 Å². The highest BCUT2D eigenvalue weighted by molar-refractivity contribution is 5.49. The molecule has 3 rings (SSSR count). The van der Waals surface area contributed by atoms with Gasteiger partial charge in [0.05, 0.1) is 26.3 Å². The number of anilines is 1. The van der Waals surface area contributed by atoms with Gasteiger partial charge in [0.25, 0.3) is 0 Å². The average Bonchev–Trinajstić information content (AvgIpc) is 3.19. The van der Waals surface area contributed by atoms with Crippen molar-refractivity contribution in [2.45, 2.75) is 32.9 Å². The van der Waals surface area contributed by atoms with Gasteiger partial charge in [0.15, 0.2) is 5.82 Å². The van der Waals surface area contributed by atoms with Crippen molar-refractivity contribution >= 4 is 5.69 Å². The van der Waals surface area contributed by atoms with Gasteiger partial charge in [-0.25, -0.2) is 4.68 Å². The number of piperazine rings is 1. The minimum Gasteiger partial charge on any atom is -0.497 e. The Morgan fingerprint density at radius 2 is 1.75 bits per heavy atom. The maximum Gasteiger partial charge on any atom is 0.168 e. The number of hydrogen-bond acceptors (Lipinski definition) is 7. The third-order valence-corrected chi connectivity index (χ3v) is 5.25. The summed E-state index contributed by atoms with van der Waals surface area (Å²) in [5.74, 6) is 2.41. The molecule has 1 atom stereocenters. The Hall–Kier alpha value is -2.19. The van der Waals surface area contributed by atoms with E-state index in [1.165, 1.54) is 5.69 Å². The van der Waals surface area contributed by atoms with Gasteiger partial charge in [-0.05, 0) is 47.0 Å². The number of ether oxygens (including phenoxy) is 2. The summed E-state index contributed by atoms with van der Waals surface area (Å²) in [6.45, 7) is 9.74. The lowest BCUT2D eigenvalue weighted by atomic mass is 10.0. The molecule has 1 aliphatic heterocycles. The molecule has 0 spiro atoms. The number of hydrogen-bond donors (Lipinski definition) is 0. The van der Waals surface area contributed by atoms with Crippen LogP contribution in [-0.2, 0) is 11.3 Å². The molecule has 0 radical (unpaired) electrons. The Morgan fingerprint density at radius 1 is 1.04 bits per heavy atom. The van der Waals surface area contributed by atoms with Crippen LogP contribution in [0.5, 0.6) is 5.75 Å². The molecule has 8 nitrogen and oxygen atoms in total. The quantitative estimate of drug-likeness (QED) is 0.652. The van der Waals surface area contributed by atoms with E-state index in [0.29, 0.717) is 19.1 Å². The number of rotatable bonds is 9. The second kappa shape index (κ2) is 9.84. The summed E-state index contributed by atoms with van der Waals surface area (Å²) < 4.78 is 12.4. The number of nitrogens with zero attached hydrogens (tertiary/aromatic N) is 6. The van der Waals surface area contributed by atoms with E-state index in [0.717, 1.165) is 44.2 Å². The largest absolute Gasteiger partial charge is 0.497 e. The second-order valence-electron chi connectivity index (χ2n) is 7.62. The maximum atomic E-state index is 5.27. The van der Waals surface area contributed by atoms with Crippen molar-refractivity contribution in [2.75, 3.05) is 51.9 Å². The molecule has 154 valence electrons. The third-order valence-electron chi connectivity index (χ3n) is 5.25. The van der Waals surface area contributed by atoms with Gasteiger partial charge in [-0.2, -0.15) is 0 Å². The molecule has 0 N–H and O–H groups in total. The minimum atomic E-state index is 0.227. The van der Waals surface area contributed by atoms with Gasteiger partial charge < -0.3 is 14.4 Å². The molecule has 2 aromatic rings. The Kier molecular flexibility index (Phi) is 7.22. The highest BCUT2D eigenvalue weighted by Gasteiger charge is 2.29. The first-order valence-corrected chi connectivity index (χ1v) is 10.0. The zero-order valence-electron chi connectivity index (χ0n) is 17.4. The van der Waals surface area contributed by atoms with Crippen LogP contribution in [-0.4, -0.2) is 72.1 Å². The predicted octanol–water partition coefficient (Wildman–Crippen LogP) is 2.24. The van der Waals surface area contributed by atoms with Crippen LogP contribution >= 0.6 is 0 Å². The predicted molar refractivity (Wildman–Crippen MR) is 109 cm³/mol. The van der Waals surface area contributed by atoms with Crippen LogP contribution in [0.15, 0.2) is 24.3 Å². The SMILES string of the molecule is COCCn1nnnc1[C@@H](CC(C)C)N1CCN(c2ccc(OC)cc2)CC1. The summed E-state index contributed by atoms with van der Waals surface area (Å²) in [4.78, 5) is 4.95. The zero-order chi connectivity index (χ0) is 19.9. The monoisotopic (exact) mass is 388 g/mol. The molecular weight excluding hydrogens is 356 g/mol. The highest BCUT2D eigenvalue weighted by Crippen LogP contribution is 2.28. The van der Waals surface area contributed by atoms with Gasteiger partial charge in [0.1, 0.15) is 5.75 Å². The van der Waals surface area contributed by atoms with E-state index in [1.807, 2.05) is 16.8 Å². The fourth-order valence-electron chi connectivity index (χ4n) is 3.74. The lowest BCUT2D eigenvalue weighted by Gasteiger charge is -2.40. The summed E-state index contributed by atoms with van der Waals surface area (Å²) in [5.41, 5.74) is 1.24. The average molecular weight is 389 g/mol. The fraction of sp³-hybridized carbons (Fsp3) is 0.650. The van der Waals surface area contributed by atoms with Crippen LogP contribution in [0.25, 0.3) is 0 Å². The molecule has 8 heteroatoms. The number of methoxy groups -OCH3 is 2. The van der Waals surface area contributed by atoms with Gasteiger partial charge in [-0.1, -0.05) is 13.8 Å². The molecule has 1 fully saturated rings. The molecule has 0 unspecified atom stereocenters. The van der Waals surface area contributed by atoms with Crippen LogP contribution in [0, 0.1) is 5.92 Å². The molecule has 1 aliphatic rings. The van der Waals surface area contributed by atoms with Crippen molar-refractivity contribution in [2.24, 2.45) is 5.92 Å². The van der Waals surface area contributed by atoms with Gasteiger partial charge in [-0.3, -0.25) is 4.90 Å². The van der Waals surface area contributed by atoms with E-state index < -0.39 is 0 Å². The number of benzene rings is 1. The Bertz CT molecular complexity index is 710. The van der Waals surface area contributed by atoms with E-state index >= 15 is 0 Å². The fourth-order valence-corrected chi connectivity index (χ4v) is 3.74. The van der Waals surface area contributed by atoms with E-state index in [-0.39, 0.29) is 6.04 Å². The molecule has 1 saturated heterocycles. The smallest absolute Gasteiger partial charge is 0.168 e. The van der Waals surface area contributed by atoms with E-state index in [2.05, 4.69) is 51.3 Å². The lowest BCUT2D eigenvalue weighted by molar-refractivity contribution is 0.145. The van der Waals surface area contributed by atoms with Crippen LogP contribution in [0.2, 0.25) is 0 Å². The third kappa shape index (κ3) is 4.99. The van der Waals surface area contributed by atoms with Crippen molar-refractivity contribution < 1.29 is 9.47 Å². The highest BCUT2D eigenvalue weighted by atomic mass is 16.5. The van der Waals surface area contributed by atoms with Gasteiger partial charge in [0.2, 0.25) is 0 Å². The molecule has 0 amide bonds. The Morgan fingerprint density at radius 3 is 2.36 bits per heavy atom. The van der Waals surface area contributed by atoms with Crippen molar-refractivity contribution in [3.05, 3.63) is 30.1 Å². The van der Waals surface area contributed by atoms with Gasteiger partial charge in [0, 0.05) is 39.0 Å². The lowest BCUT2D eigenvalue weighted by Crippen LogP contribution is -2.48. The molecule has 1 aromatic heterocycles. The summed E-state index contributed by atoms with van der Waals surface area (Å²) in [6.07, 6.45) is 1.04. The van der Waals surface area contributed by atoms with Gasteiger partial charge in [-0.15, -0.1) is 5.10 Å². The molecule has 1 aromatic carbocycles. The first-order chi connectivity index (χ1) is 13.6. The summed E-state index contributed by atoms with van der Waals surface area (Å²) in [7, 11) is 3.40. The van der Waals surface area contributed by atoms with E-state index in [1.54, 1.807) is 14.2 Å². The summed E-state index contributed by atoms with van der Waals surface area (Å²) >= 11 is 0. The number of tetrazole rings is 1. The maximum absolute atomic E-state index is 5.27. The van der Waals surface area contributed by atoms with E-state index in [4.69, 9.17) is 9.47 Å². The molecule has 28 heavy (non-hydrogen) atoms.